The molecule has 0 spiro atoms. The van der Waals surface area contributed by atoms with E-state index in [-0.39, 0.29) is 5.97 Å². The molecule has 1 saturated carbocycles. The van der Waals surface area contributed by atoms with Gasteiger partial charge in [0.15, 0.2) is 5.75 Å². The first-order chi connectivity index (χ1) is 8.70. The molecule has 1 aromatic carbocycles. The number of nitrogens with one attached hydrogen (secondary N) is 1. The molecule has 1 unspecified atom stereocenters. The van der Waals surface area contributed by atoms with E-state index in [0.29, 0.717) is 11.7 Å². The SMILES string of the molecule is CC1(C2CCCCC2)Nc2ccccc2OC1=O. The van der Waals surface area contributed by atoms with Crippen LogP contribution in [-0.4, -0.2) is 11.5 Å². The zero-order valence-electron chi connectivity index (χ0n) is 10.7. The first-order valence-electron chi connectivity index (χ1n) is 6.79. The number of para-hydroxylation sites is 2. The van der Waals surface area contributed by atoms with Crippen molar-refractivity contribution in [3.8, 4) is 5.75 Å². The molecule has 0 aromatic heterocycles. The van der Waals surface area contributed by atoms with Gasteiger partial charge < -0.3 is 10.1 Å². The second-order valence-corrected chi connectivity index (χ2v) is 5.55. The van der Waals surface area contributed by atoms with Crippen molar-refractivity contribution in [1.82, 2.24) is 0 Å². The Kier molecular flexibility index (Phi) is 2.77. The van der Waals surface area contributed by atoms with E-state index < -0.39 is 5.54 Å². The van der Waals surface area contributed by atoms with Crippen LogP contribution in [0.1, 0.15) is 39.0 Å². The van der Waals surface area contributed by atoms with Crippen LogP contribution in [0.4, 0.5) is 5.69 Å². The highest BCUT2D eigenvalue weighted by molar-refractivity contribution is 5.91. The molecule has 3 nitrogen and oxygen atoms in total. The Bertz CT molecular complexity index is 465. The number of rotatable bonds is 1. The minimum absolute atomic E-state index is 0.131. The third-order valence-electron chi connectivity index (χ3n) is 4.33. The zero-order valence-corrected chi connectivity index (χ0v) is 10.7. The highest BCUT2D eigenvalue weighted by Gasteiger charge is 2.46. The minimum Gasteiger partial charge on any atom is -0.423 e. The summed E-state index contributed by atoms with van der Waals surface area (Å²) in [5.74, 6) is 0.899. The lowest BCUT2D eigenvalue weighted by Crippen LogP contribution is -2.54. The maximum absolute atomic E-state index is 12.3. The van der Waals surface area contributed by atoms with Crippen LogP contribution >= 0.6 is 0 Å². The van der Waals surface area contributed by atoms with Gasteiger partial charge in [0.05, 0.1) is 5.69 Å². The number of benzene rings is 1. The van der Waals surface area contributed by atoms with Crippen molar-refractivity contribution < 1.29 is 9.53 Å². The van der Waals surface area contributed by atoms with Crippen molar-refractivity contribution >= 4 is 11.7 Å². The van der Waals surface area contributed by atoms with Gasteiger partial charge in [0.2, 0.25) is 0 Å². The van der Waals surface area contributed by atoms with E-state index in [9.17, 15) is 4.79 Å². The molecule has 2 aliphatic rings. The molecule has 1 aliphatic heterocycles. The van der Waals surface area contributed by atoms with Gasteiger partial charge in [-0.3, -0.25) is 0 Å². The van der Waals surface area contributed by atoms with Crippen molar-refractivity contribution in [2.45, 2.75) is 44.6 Å². The number of hydrogen-bond acceptors (Lipinski definition) is 3. The average Bonchev–Trinajstić information content (AvgIpc) is 2.41. The standard InChI is InChI=1S/C15H19NO2/c1-15(11-7-3-2-4-8-11)14(17)18-13-10-6-5-9-12(13)16-15/h5-6,9-11,16H,2-4,7-8H2,1H3. The van der Waals surface area contributed by atoms with Gasteiger partial charge in [0.25, 0.3) is 0 Å². The minimum atomic E-state index is -0.561. The Labute approximate surface area is 108 Å². The summed E-state index contributed by atoms with van der Waals surface area (Å²) in [5, 5.41) is 3.42. The fourth-order valence-electron chi connectivity index (χ4n) is 3.14. The molecule has 0 saturated heterocycles. The number of hydrogen-bond donors (Lipinski definition) is 1. The molecule has 0 bridgehead atoms. The molecule has 3 rings (SSSR count). The van der Waals surface area contributed by atoms with Gasteiger partial charge >= 0.3 is 5.97 Å². The average molecular weight is 245 g/mol. The third kappa shape index (κ3) is 1.78. The summed E-state index contributed by atoms with van der Waals surface area (Å²) in [5.41, 5.74) is 0.375. The van der Waals surface area contributed by atoms with Crippen molar-refractivity contribution in [2.75, 3.05) is 5.32 Å². The van der Waals surface area contributed by atoms with E-state index in [1.165, 1.54) is 19.3 Å². The molecule has 1 aliphatic carbocycles. The Morgan fingerprint density at radius 3 is 2.72 bits per heavy atom. The Morgan fingerprint density at radius 2 is 1.94 bits per heavy atom. The molecule has 0 amide bonds. The van der Waals surface area contributed by atoms with E-state index in [2.05, 4.69) is 5.32 Å². The van der Waals surface area contributed by atoms with Gasteiger partial charge in [-0.05, 0) is 37.8 Å². The number of fused-ring (bicyclic) bond motifs is 1. The lowest BCUT2D eigenvalue weighted by molar-refractivity contribution is -0.142. The van der Waals surface area contributed by atoms with Gasteiger partial charge in [-0.1, -0.05) is 31.4 Å². The van der Waals surface area contributed by atoms with Crippen LogP contribution in [0.5, 0.6) is 5.75 Å². The van der Waals surface area contributed by atoms with E-state index in [0.717, 1.165) is 18.5 Å². The Hall–Kier alpha value is -1.51. The summed E-state index contributed by atoms with van der Waals surface area (Å²) in [6.45, 7) is 1.99. The summed E-state index contributed by atoms with van der Waals surface area (Å²) < 4.78 is 5.50. The first kappa shape index (κ1) is 11.6. The van der Waals surface area contributed by atoms with Crippen LogP contribution in [0, 0.1) is 5.92 Å². The fraction of sp³-hybridized carbons (Fsp3) is 0.533. The maximum Gasteiger partial charge on any atom is 0.337 e. The van der Waals surface area contributed by atoms with Gasteiger partial charge in [-0.25, -0.2) is 4.79 Å². The van der Waals surface area contributed by atoms with Gasteiger partial charge in [0.1, 0.15) is 5.54 Å². The van der Waals surface area contributed by atoms with Crippen molar-refractivity contribution in [3.05, 3.63) is 24.3 Å². The topological polar surface area (TPSA) is 38.3 Å². The van der Waals surface area contributed by atoms with Crippen molar-refractivity contribution in [2.24, 2.45) is 5.92 Å². The van der Waals surface area contributed by atoms with Crippen molar-refractivity contribution in [3.63, 3.8) is 0 Å². The third-order valence-corrected chi connectivity index (χ3v) is 4.33. The molecule has 1 aromatic rings. The second kappa shape index (κ2) is 4.30. The summed E-state index contributed by atoms with van der Waals surface area (Å²) >= 11 is 0. The normalized spacial score (nSPS) is 28.2. The molecule has 0 radical (unpaired) electrons. The van der Waals surface area contributed by atoms with Gasteiger partial charge in [-0.15, -0.1) is 0 Å². The van der Waals surface area contributed by atoms with Crippen molar-refractivity contribution in [1.29, 1.82) is 0 Å². The molecule has 18 heavy (non-hydrogen) atoms. The van der Waals surface area contributed by atoms with Crippen LogP contribution in [0.2, 0.25) is 0 Å². The predicted molar refractivity (Wildman–Crippen MR) is 70.7 cm³/mol. The van der Waals surface area contributed by atoms with Gasteiger partial charge in [-0.2, -0.15) is 0 Å². The number of anilines is 1. The molecule has 96 valence electrons. The molecular weight excluding hydrogens is 226 g/mol. The summed E-state index contributed by atoms with van der Waals surface area (Å²) in [4.78, 5) is 12.3. The van der Waals surface area contributed by atoms with Crippen LogP contribution in [0.3, 0.4) is 0 Å². The first-order valence-corrected chi connectivity index (χ1v) is 6.79. The lowest BCUT2D eigenvalue weighted by Gasteiger charge is -2.41. The van der Waals surface area contributed by atoms with Crippen LogP contribution in [0.25, 0.3) is 0 Å². The summed E-state index contributed by atoms with van der Waals surface area (Å²) in [6.07, 6.45) is 5.95. The number of ether oxygens (including phenoxy) is 1. The molecule has 1 N–H and O–H groups in total. The molecular formula is C15H19NO2. The highest BCUT2D eigenvalue weighted by atomic mass is 16.5. The zero-order chi connectivity index (χ0) is 12.6. The largest absolute Gasteiger partial charge is 0.423 e. The van der Waals surface area contributed by atoms with Crippen LogP contribution in [0.15, 0.2) is 24.3 Å². The Morgan fingerprint density at radius 1 is 1.22 bits per heavy atom. The Balaban J connectivity index is 1.91. The monoisotopic (exact) mass is 245 g/mol. The lowest BCUT2D eigenvalue weighted by atomic mass is 9.75. The smallest absolute Gasteiger partial charge is 0.337 e. The summed E-state index contributed by atoms with van der Waals surface area (Å²) in [7, 11) is 0. The molecule has 3 heteroatoms. The molecule has 1 heterocycles. The number of carbonyl (C=O) groups excluding carboxylic acids is 1. The van der Waals surface area contributed by atoms with E-state index in [4.69, 9.17) is 4.74 Å². The number of esters is 1. The second-order valence-electron chi connectivity index (χ2n) is 5.55. The molecule has 1 atom stereocenters. The fourth-order valence-corrected chi connectivity index (χ4v) is 3.14. The highest BCUT2D eigenvalue weighted by Crippen LogP contribution is 2.41. The van der Waals surface area contributed by atoms with E-state index in [1.54, 1.807) is 0 Å². The number of carbonyl (C=O) groups is 1. The predicted octanol–water partition coefficient (Wildman–Crippen LogP) is 3.36. The van der Waals surface area contributed by atoms with Crippen LogP contribution < -0.4 is 10.1 Å². The van der Waals surface area contributed by atoms with E-state index >= 15 is 0 Å². The van der Waals surface area contributed by atoms with E-state index in [1.807, 2.05) is 31.2 Å². The van der Waals surface area contributed by atoms with Crippen LogP contribution in [-0.2, 0) is 4.79 Å². The molecule has 1 fully saturated rings. The summed E-state index contributed by atoms with van der Waals surface area (Å²) in [6, 6.07) is 7.66. The maximum atomic E-state index is 12.3. The van der Waals surface area contributed by atoms with Gasteiger partial charge in [0, 0.05) is 0 Å². The quantitative estimate of drug-likeness (QED) is 0.609.